The van der Waals surface area contributed by atoms with Crippen LogP contribution >= 0.6 is 0 Å². The number of esters is 1. The van der Waals surface area contributed by atoms with Gasteiger partial charge in [-0.2, -0.15) is 0 Å². The van der Waals surface area contributed by atoms with E-state index < -0.39 is 5.97 Å². The smallest absolute Gasteiger partial charge is 0.337 e. The summed E-state index contributed by atoms with van der Waals surface area (Å²) in [5, 5.41) is 2.95. The first-order chi connectivity index (χ1) is 15.1. The Labute approximate surface area is 181 Å². The van der Waals surface area contributed by atoms with Crippen molar-refractivity contribution in [1.29, 1.82) is 0 Å². The van der Waals surface area contributed by atoms with E-state index in [2.05, 4.69) is 20.2 Å². The van der Waals surface area contributed by atoms with Gasteiger partial charge in [-0.1, -0.05) is 30.3 Å². The molecule has 1 N–H and O–H groups in total. The van der Waals surface area contributed by atoms with Gasteiger partial charge in [0.1, 0.15) is 12.1 Å². The molecule has 0 aliphatic carbocycles. The van der Waals surface area contributed by atoms with E-state index in [1.165, 1.54) is 7.11 Å². The molecule has 1 aliphatic rings. The number of nitrogens with one attached hydrogen (secondary N) is 1. The number of hydrogen-bond acceptors (Lipinski definition) is 6. The van der Waals surface area contributed by atoms with Crippen molar-refractivity contribution in [1.82, 2.24) is 9.97 Å². The molecule has 3 aromatic rings. The fourth-order valence-corrected chi connectivity index (χ4v) is 3.74. The number of rotatable bonds is 5. The van der Waals surface area contributed by atoms with Gasteiger partial charge in [0, 0.05) is 30.4 Å². The summed E-state index contributed by atoms with van der Waals surface area (Å²) in [6, 6.07) is 18.6. The molecule has 7 nitrogen and oxygen atoms in total. The summed E-state index contributed by atoms with van der Waals surface area (Å²) >= 11 is 0. The lowest BCUT2D eigenvalue weighted by atomic mass is 9.97. The van der Waals surface area contributed by atoms with Crippen molar-refractivity contribution in [2.24, 2.45) is 5.92 Å². The lowest BCUT2D eigenvalue weighted by Gasteiger charge is -2.33. The van der Waals surface area contributed by atoms with E-state index in [0.717, 1.165) is 36.5 Å². The molecular formula is C24H24N4O3. The van der Waals surface area contributed by atoms with Crippen LogP contribution in [0.25, 0.3) is 11.3 Å². The molecule has 4 rings (SSSR count). The minimum atomic E-state index is -0.402. The van der Waals surface area contributed by atoms with Crippen LogP contribution in [0.2, 0.25) is 0 Å². The fourth-order valence-electron chi connectivity index (χ4n) is 3.74. The second kappa shape index (κ2) is 9.38. The molecule has 1 unspecified atom stereocenters. The Morgan fingerprint density at radius 1 is 1.06 bits per heavy atom. The van der Waals surface area contributed by atoms with E-state index >= 15 is 0 Å². The molecule has 1 saturated heterocycles. The number of piperidine rings is 1. The van der Waals surface area contributed by atoms with Crippen LogP contribution in [0.4, 0.5) is 11.5 Å². The van der Waals surface area contributed by atoms with E-state index in [4.69, 9.17) is 4.74 Å². The number of ether oxygens (including phenoxy) is 1. The van der Waals surface area contributed by atoms with Crippen LogP contribution in [0.1, 0.15) is 23.2 Å². The van der Waals surface area contributed by atoms with E-state index in [1.807, 2.05) is 36.4 Å². The second-order valence-corrected chi connectivity index (χ2v) is 7.47. The molecule has 158 valence electrons. The summed E-state index contributed by atoms with van der Waals surface area (Å²) < 4.78 is 4.70. The van der Waals surface area contributed by atoms with Gasteiger partial charge in [-0.25, -0.2) is 14.8 Å². The fraction of sp³-hybridized carbons (Fsp3) is 0.250. The topological polar surface area (TPSA) is 84.4 Å². The van der Waals surface area contributed by atoms with Crippen LogP contribution in [0.3, 0.4) is 0 Å². The molecule has 31 heavy (non-hydrogen) atoms. The largest absolute Gasteiger partial charge is 0.465 e. The van der Waals surface area contributed by atoms with Crippen LogP contribution < -0.4 is 10.2 Å². The summed E-state index contributed by atoms with van der Waals surface area (Å²) in [6.07, 6.45) is 3.30. The quantitative estimate of drug-likeness (QED) is 0.637. The van der Waals surface area contributed by atoms with E-state index in [0.29, 0.717) is 17.8 Å². The average Bonchev–Trinajstić information content (AvgIpc) is 2.84. The number of hydrogen-bond donors (Lipinski definition) is 1. The molecule has 1 aliphatic heterocycles. The van der Waals surface area contributed by atoms with E-state index in [-0.39, 0.29) is 11.8 Å². The Morgan fingerprint density at radius 2 is 1.84 bits per heavy atom. The van der Waals surface area contributed by atoms with Crippen LogP contribution in [-0.2, 0) is 9.53 Å². The predicted molar refractivity (Wildman–Crippen MR) is 119 cm³/mol. The minimum Gasteiger partial charge on any atom is -0.465 e. The van der Waals surface area contributed by atoms with Gasteiger partial charge in [-0.15, -0.1) is 0 Å². The number of carbonyl (C=O) groups excluding carboxylic acids is 2. The van der Waals surface area contributed by atoms with E-state index in [9.17, 15) is 9.59 Å². The van der Waals surface area contributed by atoms with Crippen LogP contribution in [0.5, 0.6) is 0 Å². The first-order valence-corrected chi connectivity index (χ1v) is 10.3. The zero-order valence-corrected chi connectivity index (χ0v) is 17.3. The number of amides is 1. The van der Waals surface area contributed by atoms with Gasteiger partial charge in [-0.3, -0.25) is 4.79 Å². The molecule has 1 aromatic heterocycles. The molecule has 7 heteroatoms. The highest BCUT2D eigenvalue weighted by atomic mass is 16.5. The zero-order valence-electron chi connectivity index (χ0n) is 17.3. The predicted octanol–water partition coefficient (Wildman–Crippen LogP) is 3.79. The van der Waals surface area contributed by atoms with Crippen LogP contribution in [0.15, 0.2) is 67.0 Å². The maximum absolute atomic E-state index is 12.8. The Morgan fingerprint density at radius 3 is 2.58 bits per heavy atom. The number of aromatic nitrogens is 2. The number of benzene rings is 2. The number of nitrogens with zero attached hydrogens (tertiary/aromatic N) is 3. The van der Waals surface area contributed by atoms with Gasteiger partial charge in [0.25, 0.3) is 0 Å². The molecule has 1 atom stereocenters. The summed E-state index contributed by atoms with van der Waals surface area (Å²) in [4.78, 5) is 35.4. The highest BCUT2D eigenvalue weighted by molar-refractivity contribution is 5.94. The van der Waals surface area contributed by atoms with Crippen molar-refractivity contribution in [3.63, 3.8) is 0 Å². The summed E-state index contributed by atoms with van der Waals surface area (Å²) in [7, 11) is 1.34. The van der Waals surface area contributed by atoms with E-state index in [1.54, 1.807) is 30.6 Å². The Kier molecular flexibility index (Phi) is 6.21. The van der Waals surface area contributed by atoms with Crippen LogP contribution in [0, 0.1) is 5.92 Å². The van der Waals surface area contributed by atoms with Gasteiger partial charge in [0.05, 0.1) is 24.3 Å². The Balaban J connectivity index is 1.43. The molecule has 0 radical (unpaired) electrons. The molecule has 1 fully saturated rings. The molecule has 2 aromatic carbocycles. The monoisotopic (exact) mass is 416 g/mol. The van der Waals surface area contributed by atoms with Crippen molar-refractivity contribution in [2.75, 3.05) is 30.4 Å². The standard InChI is InChI=1S/C24H24N4O3/c1-31-24(30)18-9-11-20(12-10-18)27-23(29)19-8-5-13-28(15-19)22-14-21(25-16-26-22)17-6-3-2-4-7-17/h2-4,6-7,9-12,14,16,19H,5,8,13,15H2,1H3,(H,27,29). The summed E-state index contributed by atoms with van der Waals surface area (Å²) in [5.74, 6) is 0.242. The minimum absolute atomic E-state index is 0.0344. The third-order valence-electron chi connectivity index (χ3n) is 5.41. The molecule has 2 heterocycles. The Hall–Kier alpha value is -3.74. The van der Waals surface area contributed by atoms with Gasteiger partial charge in [0.15, 0.2) is 0 Å². The second-order valence-electron chi connectivity index (χ2n) is 7.47. The summed E-state index contributed by atoms with van der Waals surface area (Å²) in [5.41, 5.74) is 3.00. The van der Waals surface area contributed by atoms with Crippen molar-refractivity contribution in [3.05, 3.63) is 72.6 Å². The number of anilines is 2. The molecule has 0 saturated carbocycles. The first-order valence-electron chi connectivity index (χ1n) is 10.3. The van der Waals surface area contributed by atoms with Gasteiger partial charge < -0.3 is 15.0 Å². The maximum Gasteiger partial charge on any atom is 0.337 e. The lowest BCUT2D eigenvalue weighted by Crippen LogP contribution is -2.41. The highest BCUT2D eigenvalue weighted by Gasteiger charge is 2.27. The third-order valence-corrected chi connectivity index (χ3v) is 5.41. The average molecular weight is 416 g/mol. The number of carbonyl (C=O) groups is 2. The van der Waals surface area contributed by atoms with Crippen molar-refractivity contribution in [3.8, 4) is 11.3 Å². The van der Waals surface area contributed by atoms with Gasteiger partial charge in [0.2, 0.25) is 5.91 Å². The van der Waals surface area contributed by atoms with Crippen molar-refractivity contribution < 1.29 is 14.3 Å². The maximum atomic E-state index is 12.8. The Bertz CT molecular complexity index is 1050. The number of methoxy groups -OCH3 is 1. The lowest BCUT2D eigenvalue weighted by molar-refractivity contribution is -0.120. The molecular weight excluding hydrogens is 392 g/mol. The summed E-state index contributed by atoms with van der Waals surface area (Å²) in [6.45, 7) is 1.44. The SMILES string of the molecule is COC(=O)c1ccc(NC(=O)C2CCCN(c3cc(-c4ccccc4)ncn3)C2)cc1. The van der Waals surface area contributed by atoms with Crippen LogP contribution in [-0.4, -0.2) is 42.0 Å². The zero-order chi connectivity index (χ0) is 21.6. The highest BCUT2D eigenvalue weighted by Crippen LogP contribution is 2.26. The van der Waals surface area contributed by atoms with Gasteiger partial charge >= 0.3 is 5.97 Å². The van der Waals surface area contributed by atoms with Crippen molar-refractivity contribution >= 4 is 23.4 Å². The van der Waals surface area contributed by atoms with Gasteiger partial charge in [-0.05, 0) is 37.1 Å². The molecule has 0 spiro atoms. The normalized spacial score (nSPS) is 15.9. The molecule has 0 bridgehead atoms. The third kappa shape index (κ3) is 4.88. The molecule has 1 amide bonds. The first kappa shape index (κ1) is 20.5. The van der Waals surface area contributed by atoms with Crippen molar-refractivity contribution in [2.45, 2.75) is 12.8 Å².